The van der Waals surface area contributed by atoms with E-state index in [2.05, 4.69) is 5.32 Å². The summed E-state index contributed by atoms with van der Waals surface area (Å²) in [7, 11) is 0. The van der Waals surface area contributed by atoms with E-state index in [9.17, 15) is 14.4 Å². The zero-order valence-electron chi connectivity index (χ0n) is 17.2. The Balaban J connectivity index is 1.41. The Morgan fingerprint density at radius 3 is 2.63 bits per heavy atom. The minimum atomic E-state index is -0.888. The molecule has 3 aliphatic rings. The van der Waals surface area contributed by atoms with Crippen molar-refractivity contribution in [1.29, 1.82) is 0 Å². The molecule has 1 unspecified atom stereocenters. The fourth-order valence-corrected chi connectivity index (χ4v) is 4.49. The monoisotopic (exact) mass is 409 g/mol. The number of ether oxygens (including phenoxy) is 2. The molecular formula is C22H23N3O5. The molecule has 1 aromatic heterocycles. The average molecular weight is 409 g/mol. The Hall–Kier alpha value is -3.29. The molecule has 1 aromatic carbocycles. The third kappa shape index (κ3) is 2.70. The Bertz CT molecular complexity index is 1100. The number of ketones is 1. The number of nitrogens with zero attached hydrogens (tertiary/aromatic N) is 2. The van der Waals surface area contributed by atoms with Gasteiger partial charge in [-0.05, 0) is 57.7 Å². The first kappa shape index (κ1) is 18.7. The third-order valence-corrected chi connectivity index (χ3v) is 6.34. The van der Waals surface area contributed by atoms with Crippen molar-refractivity contribution in [3.05, 3.63) is 41.2 Å². The van der Waals surface area contributed by atoms with Gasteiger partial charge in [0, 0.05) is 28.7 Å². The highest BCUT2D eigenvalue weighted by Crippen LogP contribution is 2.42. The number of aromatic nitrogens is 1. The van der Waals surface area contributed by atoms with Crippen LogP contribution in [-0.2, 0) is 4.79 Å². The Morgan fingerprint density at radius 1 is 1.17 bits per heavy atom. The molecule has 2 aromatic rings. The molecule has 0 bridgehead atoms. The summed E-state index contributed by atoms with van der Waals surface area (Å²) in [5, 5.41) is 2.78. The van der Waals surface area contributed by atoms with Crippen LogP contribution in [-0.4, -0.2) is 46.1 Å². The number of benzene rings is 1. The van der Waals surface area contributed by atoms with Gasteiger partial charge in [0.05, 0.1) is 6.54 Å². The van der Waals surface area contributed by atoms with Crippen molar-refractivity contribution in [2.45, 2.75) is 39.2 Å². The SMILES string of the molecule is Cc1cc(C(=O)CN2C(=O)NC(C)(C3CC3)C2=O)c(C)n1-c1ccc2c(c1)OCO2. The molecule has 5 rings (SSSR count). The van der Waals surface area contributed by atoms with Crippen molar-refractivity contribution >= 4 is 17.7 Å². The van der Waals surface area contributed by atoms with Gasteiger partial charge in [-0.2, -0.15) is 0 Å². The van der Waals surface area contributed by atoms with Crippen LogP contribution in [0.4, 0.5) is 4.79 Å². The smallest absolute Gasteiger partial charge is 0.325 e. The molecule has 2 aliphatic heterocycles. The number of amides is 3. The van der Waals surface area contributed by atoms with E-state index < -0.39 is 11.6 Å². The van der Waals surface area contributed by atoms with Crippen molar-refractivity contribution in [2.24, 2.45) is 5.92 Å². The molecule has 1 saturated heterocycles. The zero-order valence-corrected chi connectivity index (χ0v) is 17.2. The second-order valence-corrected chi connectivity index (χ2v) is 8.38. The first-order valence-electron chi connectivity index (χ1n) is 10.1. The van der Waals surface area contributed by atoms with E-state index in [1.165, 1.54) is 0 Å². The molecule has 156 valence electrons. The summed E-state index contributed by atoms with van der Waals surface area (Å²) < 4.78 is 12.8. The molecule has 30 heavy (non-hydrogen) atoms. The topological polar surface area (TPSA) is 89.9 Å². The Kier molecular flexibility index (Phi) is 3.96. The minimum Gasteiger partial charge on any atom is -0.454 e. The van der Waals surface area contributed by atoms with Gasteiger partial charge in [0.1, 0.15) is 5.54 Å². The quantitative estimate of drug-likeness (QED) is 0.606. The first-order chi connectivity index (χ1) is 14.3. The number of hydrogen-bond acceptors (Lipinski definition) is 5. The van der Waals surface area contributed by atoms with Gasteiger partial charge in [0.15, 0.2) is 17.3 Å². The molecule has 2 fully saturated rings. The van der Waals surface area contributed by atoms with Crippen LogP contribution in [0.3, 0.4) is 0 Å². The highest BCUT2D eigenvalue weighted by atomic mass is 16.7. The maximum atomic E-state index is 13.1. The summed E-state index contributed by atoms with van der Waals surface area (Å²) in [6.07, 6.45) is 1.84. The standard InChI is InChI=1S/C22H23N3O5/c1-12-8-16(13(2)25(12)15-6-7-18-19(9-15)30-11-29-18)17(26)10-24-20(27)22(3,14-4-5-14)23-21(24)28/h6-9,14H,4-5,10-11H2,1-3H3,(H,23,28). The number of aryl methyl sites for hydroxylation is 1. The minimum absolute atomic E-state index is 0.158. The van der Waals surface area contributed by atoms with Crippen LogP contribution < -0.4 is 14.8 Å². The Labute approximate surface area is 173 Å². The van der Waals surface area contributed by atoms with E-state index >= 15 is 0 Å². The lowest BCUT2D eigenvalue weighted by Crippen LogP contribution is -2.46. The van der Waals surface area contributed by atoms with Crippen LogP contribution in [0, 0.1) is 19.8 Å². The molecule has 1 aliphatic carbocycles. The predicted molar refractivity (Wildman–Crippen MR) is 107 cm³/mol. The maximum absolute atomic E-state index is 13.1. The number of imide groups is 1. The van der Waals surface area contributed by atoms with Gasteiger partial charge in [0.2, 0.25) is 6.79 Å². The van der Waals surface area contributed by atoms with Gasteiger partial charge in [-0.3, -0.25) is 14.5 Å². The molecule has 0 radical (unpaired) electrons. The normalized spacial score (nSPS) is 22.6. The summed E-state index contributed by atoms with van der Waals surface area (Å²) in [5.74, 6) is 0.929. The van der Waals surface area contributed by atoms with Crippen LogP contribution in [0.2, 0.25) is 0 Å². The number of fused-ring (bicyclic) bond motifs is 1. The summed E-state index contributed by atoms with van der Waals surface area (Å²) in [5.41, 5.74) is 2.07. The zero-order chi connectivity index (χ0) is 21.2. The predicted octanol–water partition coefficient (Wildman–Crippen LogP) is 2.73. The van der Waals surface area contributed by atoms with Crippen molar-refractivity contribution in [3.8, 4) is 17.2 Å². The second-order valence-electron chi connectivity index (χ2n) is 8.38. The van der Waals surface area contributed by atoms with Crippen molar-refractivity contribution in [3.63, 3.8) is 0 Å². The van der Waals surface area contributed by atoms with Gasteiger partial charge in [-0.1, -0.05) is 0 Å². The summed E-state index contributed by atoms with van der Waals surface area (Å²) in [4.78, 5) is 39.3. The van der Waals surface area contributed by atoms with Gasteiger partial charge in [-0.25, -0.2) is 4.79 Å². The second kappa shape index (κ2) is 6.35. The number of Topliss-reactive ketones (excluding diaryl/α,β-unsaturated/α-hetero) is 1. The number of hydrogen-bond donors (Lipinski definition) is 1. The third-order valence-electron chi connectivity index (χ3n) is 6.34. The Morgan fingerprint density at radius 2 is 1.90 bits per heavy atom. The average Bonchev–Trinajstić information content (AvgIpc) is 3.34. The van der Waals surface area contributed by atoms with Crippen LogP contribution in [0.5, 0.6) is 11.5 Å². The fourth-order valence-electron chi connectivity index (χ4n) is 4.49. The molecule has 0 spiro atoms. The number of carbonyl (C=O) groups excluding carboxylic acids is 3. The number of urea groups is 1. The first-order valence-corrected chi connectivity index (χ1v) is 10.1. The lowest BCUT2D eigenvalue weighted by atomic mass is 9.96. The van der Waals surface area contributed by atoms with E-state index in [-0.39, 0.29) is 30.9 Å². The number of nitrogens with one attached hydrogen (secondary N) is 1. The van der Waals surface area contributed by atoms with Crippen molar-refractivity contribution in [1.82, 2.24) is 14.8 Å². The molecule has 1 saturated carbocycles. The molecular weight excluding hydrogens is 386 g/mol. The van der Waals surface area contributed by atoms with E-state index in [0.717, 1.165) is 34.8 Å². The van der Waals surface area contributed by atoms with Crippen LogP contribution in [0.15, 0.2) is 24.3 Å². The van der Waals surface area contributed by atoms with Gasteiger partial charge < -0.3 is 19.4 Å². The van der Waals surface area contributed by atoms with Crippen molar-refractivity contribution < 1.29 is 23.9 Å². The van der Waals surface area contributed by atoms with Crippen LogP contribution in [0.25, 0.3) is 5.69 Å². The van der Waals surface area contributed by atoms with E-state index in [0.29, 0.717) is 17.1 Å². The van der Waals surface area contributed by atoms with E-state index in [1.54, 1.807) is 13.0 Å². The highest BCUT2D eigenvalue weighted by Gasteiger charge is 2.56. The van der Waals surface area contributed by atoms with Gasteiger partial charge >= 0.3 is 6.03 Å². The lowest BCUT2D eigenvalue weighted by Gasteiger charge is -2.20. The molecule has 1 N–H and O–H groups in total. The summed E-state index contributed by atoms with van der Waals surface area (Å²) in [6, 6.07) is 6.91. The van der Waals surface area contributed by atoms with Gasteiger partial charge in [-0.15, -0.1) is 0 Å². The molecule has 1 atom stereocenters. The summed E-state index contributed by atoms with van der Waals surface area (Å²) >= 11 is 0. The van der Waals surface area contributed by atoms with Crippen LogP contribution >= 0.6 is 0 Å². The highest BCUT2D eigenvalue weighted by molar-refractivity contribution is 6.11. The number of rotatable bonds is 5. The largest absolute Gasteiger partial charge is 0.454 e. The van der Waals surface area contributed by atoms with Crippen molar-refractivity contribution in [2.75, 3.05) is 13.3 Å². The molecule has 8 heteroatoms. The number of carbonyl (C=O) groups is 3. The van der Waals surface area contributed by atoms with E-state index in [4.69, 9.17) is 9.47 Å². The molecule has 3 amide bonds. The summed E-state index contributed by atoms with van der Waals surface area (Å²) in [6.45, 7) is 5.44. The van der Waals surface area contributed by atoms with E-state index in [1.807, 2.05) is 36.6 Å². The lowest BCUT2D eigenvalue weighted by molar-refractivity contribution is -0.131. The molecule has 3 heterocycles. The molecule has 8 nitrogen and oxygen atoms in total. The fraction of sp³-hybridized carbons (Fsp3) is 0.409. The van der Waals surface area contributed by atoms with Gasteiger partial charge in [0.25, 0.3) is 5.91 Å². The maximum Gasteiger partial charge on any atom is 0.325 e. The van der Waals surface area contributed by atoms with Crippen LogP contribution in [0.1, 0.15) is 41.5 Å².